The lowest BCUT2D eigenvalue weighted by molar-refractivity contribution is 0.0914. The van der Waals surface area contributed by atoms with E-state index < -0.39 is 0 Å². The summed E-state index contributed by atoms with van der Waals surface area (Å²) in [5, 5.41) is 3.45. The molecule has 2 aliphatic rings. The number of nitrogens with zero attached hydrogens (tertiary/aromatic N) is 5. The van der Waals surface area contributed by atoms with Crippen molar-refractivity contribution < 1.29 is 13.9 Å². The third-order valence-corrected chi connectivity index (χ3v) is 5.59. The molecule has 0 aromatic heterocycles. The summed E-state index contributed by atoms with van der Waals surface area (Å²) in [6, 6.07) is 6.73. The van der Waals surface area contributed by atoms with Gasteiger partial charge in [0.2, 0.25) is 0 Å². The van der Waals surface area contributed by atoms with Crippen LogP contribution in [0.2, 0.25) is 0 Å². The molecule has 10 heteroatoms. The Morgan fingerprint density at radius 2 is 1.65 bits per heavy atom. The van der Waals surface area contributed by atoms with E-state index in [0.717, 1.165) is 64.0 Å². The molecule has 0 unspecified atom stereocenters. The zero-order valence-corrected chi connectivity index (χ0v) is 20.8. The van der Waals surface area contributed by atoms with Crippen LogP contribution in [-0.2, 0) is 4.74 Å². The van der Waals surface area contributed by atoms with Crippen LogP contribution in [0.15, 0.2) is 29.3 Å². The second kappa shape index (κ2) is 12.9. The van der Waals surface area contributed by atoms with Crippen LogP contribution in [0.5, 0.6) is 0 Å². The second-order valence-corrected chi connectivity index (χ2v) is 7.45. The molecule has 2 heterocycles. The predicted octanol–water partition coefficient (Wildman–Crippen LogP) is 1.92. The highest BCUT2D eigenvalue weighted by molar-refractivity contribution is 14.0. The zero-order chi connectivity index (χ0) is 21.3. The maximum Gasteiger partial charge on any atom is 0.409 e. The molecule has 1 N–H and O–H groups in total. The summed E-state index contributed by atoms with van der Waals surface area (Å²) in [7, 11) is 1.79. The number of halogens is 2. The van der Waals surface area contributed by atoms with Gasteiger partial charge in [-0.05, 0) is 31.2 Å². The van der Waals surface area contributed by atoms with E-state index in [1.165, 1.54) is 12.1 Å². The lowest BCUT2D eigenvalue weighted by Gasteiger charge is -2.37. The summed E-state index contributed by atoms with van der Waals surface area (Å²) >= 11 is 0. The van der Waals surface area contributed by atoms with Gasteiger partial charge in [-0.2, -0.15) is 0 Å². The van der Waals surface area contributed by atoms with Gasteiger partial charge < -0.3 is 24.8 Å². The number of hydrogen-bond acceptors (Lipinski definition) is 5. The van der Waals surface area contributed by atoms with E-state index in [1.54, 1.807) is 11.9 Å². The van der Waals surface area contributed by atoms with Crippen molar-refractivity contribution in [1.29, 1.82) is 0 Å². The van der Waals surface area contributed by atoms with Crippen molar-refractivity contribution in [1.82, 2.24) is 20.0 Å². The Bertz CT molecular complexity index is 704. The van der Waals surface area contributed by atoms with Crippen molar-refractivity contribution in [3.8, 4) is 0 Å². The van der Waals surface area contributed by atoms with E-state index in [2.05, 4.69) is 25.0 Å². The molecular weight excluding hydrogens is 514 g/mol. The molecule has 8 nitrogen and oxygen atoms in total. The van der Waals surface area contributed by atoms with Crippen LogP contribution < -0.4 is 10.2 Å². The Morgan fingerprint density at radius 3 is 2.23 bits per heavy atom. The fourth-order valence-electron chi connectivity index (χ4n) is 3.86. The molecule has 31 heavy (non-hydrogen) atoms. The molecule has 0 bridgehead atoms. The Kier molecular flexibility index (Phi) is 10.6. The molecule has 0 saturated carbocycles. The van der Waals surface area contributed by atoms with Crippen molar-refractivity contribution >= 4 is 41.7 Å². The van der Waals surface area contributed by atoms with Gasteiger partial charge in [0.1, 0.15) is 5.82 Å². The maximum absolute atomic E-state index is 13.1. The number of carbonyl (C=O) groups excluding carboxylic acids is 1. The van der Waals surface area contributed by atoms with Gasteiger partial charge in [0.25, 0.3) is 0 Å². The number of aliphatic imine (C=N–C) groups is 1. The molecular formula is C21H34FIN6O2. The highest BCUT2D eigenvalue weighted by Gasteiger charge is 2.24. The second-order valence-electron chi connectivity index (χ2n) is 7.45. The minimum atomic E-state index is -0.236. The number of anilines is 1. The summed E-state index contributed by atoms with van der Waals surface area (Å²) < 4.78 is 18.2. The number of ether oxygens (including phenoxy) is 1. The molecule has 0 spiro atoms. The van der Waals surface area contributed by atoms with E-state index in [4.69, 9.17) is 4.74 Å². The van der Waals surface area contributed by atoms with Gasteiger partial charge in [-0.15, -0.1) is 24.0 Å². The number of nitrogens with one attached hydrogen (secondary N) is 1. The number of carbonyl (C=O) groups is 1. The largest absolute Gasteiger partial charge is 0.450 e. The zero-order valence-electron chi connectivity index (χ0n) is 18.4. The predicted molar refractivity (Wildman–Crippen MR) is 132 cm³/mol. The van der Waals surface area contributed by atoms with E-state index >= 15 is 0 Å². The van der Waals surface area contributed by atoms with Crippen LogP contribution >= 0.6 is 24.0 Å². The van der Waals surface area contributed by atoms with Crippen LogP contribution in [0.1, 0.15) is 6.92 Å². The summed E-state index contributed by atoms with van der Waals surface area (Å²) in [6.07, 6.45) is -0.236. The summed E-state index contributed by atoms with van der Waals surface area (Å²) in [4.78, 5) is 24.9. The van der Waals surface area contributed by atoms with Crippen molar-refractivity contribution in [2.75, 3.05) is 84.0 Å². The molecule has 174 valence electrons. The molecule has 0 radical (unpaired) electrons. The van der Waals surface area contributed by atoms with Crippen LogP contribution in [0.3, 0.4) is 0 Å². The van der Waals surface area contributed by atoms with Gasteiger partial charge in [-0.25, -0.2) is 9.18 Å². The molecule has 1 aromatic carbocycles. The standard InChI is InChI=1S/C21H33FN6O2.HI/c1-3-30-21(29)28-16-14-27(15-17-28)20(23-2)24-8-9-25-10-12-26(13-11-25)19-6-4-18(22)5-7-19;/h4-7H,3,8-17H2,1-2H3,(H,23,24);1H. The van der Waals surface area contributed by atoms with Gasteiger partial charge in [0.05, 0.1) is 6.61 Å². The van der Waals surface area contributed by atoms with Crippen LogP contribution in [0, 0.1) is 5.82 Å². The molecule has 0 aliphatic carbocycles. The first-order valence-corrected chi connectivity index (χ1v) is 10.7. The first kappa shape index (κ1) is 25.4. The monoisotopic (exact) mass is 548 g/mol. The molecule has 2 aliphatic heterocycles. The van der Waals surface area contributed by atoms with Crippen molar-refractivity contribution in [2.45, 2.75) is 6.92 Å². The summed E-state index contributed by atoms with van der Waals surface area (Å²) in [5.41, 5.74) is 1.08. The van der Waals surface area contributed by atoms with E-state index in [-0.39, 0.29) is 35.9 Å². The van der Waals surface area contributed by atoms with E-state index in [9.17, 15) is 9.18 Å². The van der Waals surface area contributed by atoms with Crippen molar-refractivity contribution in [3.63, 3.8) is 0 Å². The average molecular weight is 548 g/mol. The van der Waals surface area contributed by atoms with Crippen LogP contribution in [0.25, 0.3) is 0 Å². The SMILES string of the molecule is CCOC(=O)N1CCN(C(=NC)NCCN2CCN(c3ccc(F)cc3)CC2)CC1.I. The fourth-order valence-corrected chi connectivity index (χ4v) is 3.86. The van der Waals surface area contributed by atoms with Gasteiger partial charge in [-0.3, -0.25) is 9.89 Å². The number of amides is 1. The van der Waals surface area contributed by atoms with E-state index in [1.807, 2.05) is 19.1 Å². The number of hydrogen-bond donors (Lipinski definition) is 1. The van der Waals surface area contributed by atoms with Crippen molar-refractivity contribution in [3.05, 3.63) is 30.1 Å². The smallest absolute Gasteiger partial charge is 0.409 e. The van der Waals surface area contributed by atoms with Gasteiger partial charge >= 0.3 is 6.09 Å². The van der Waals surface area contributed by atoms with E-state index in [0.29, 0.717) is 19.7 Å². The summed E-state index contributed by atoms with van der Waals surface area (Å²) in [6.45, 7) is 10.6. The maximum atomic E-state index is 13.1. The van der Waals surface area contributed by atoms with Crippen molar-refractivity contribution in [2.24, 2.45) is 4.99 Å². The Labute approximate surface area is 201 Å². The minimum Gasteiger partial charge on any atom is -0.450 e. The third-order valence-electron chi connectivity index (χ3n) is 5.59. The molecule has 1 aromatic rings. The lowest BCUT2D eigenvalue weighted by atomic mass is 10.2. The fraction of sp³-hybridized carbons (Fsp3) is 0.619. The lowest BCUT2D eigenvalue weighted by Crippen LogP contribution is -2.55. The highest BCUT2D eigenvalue weighted by atomic mass is 127. The number of guanidine groups is 1. The average Bonchev–Trinajstić information content (AvgIpc) is 2.78. The minimum absolute atomic E-state index is 0. The molecule has 3 rings (SSSR count). The Balaban J connectivity index is 0.00000341. The van der Waals surface area contributed by atoms with Gasteiger partial charge in [0.15, 0.2) is 5.96 Å². The van der Waals surface area contributed by atoms with Gasteiger partial charge in [-0.1, -0.05) is 0 Å². The Morgan fingerprint density at radius 1 is 1.03 bits per heavy atom. The Hall–Kier alpha value is -1.82. The molecule has 2 fully saturated rings. The normalized spacial score (nSPS) is 17.9. The molecule has 1 amide bonds. The highest BCUT2D eigenvalue weighted by Crippen LogP contribution is 2.16. The van der Waals surface area contributed by atoms with Crippen LogP contribution in [-0.4, -0.2) is 106 Å². The topological polar surface area (TPSA) is 63.7 Å². The quantitative estimate of drug-likeness (QED) is 0.345. The first-order valence-electron chi connectivity index (χ1n) is 10.7. The molecule has 0 atom stereocenters. The number of piperazine rings is 2. The summed E-state index contributed by atoms with van der Waals surface area (Å²) in [5.74, 6) is 0.683. The van der Waals surface area contributed by atoms with Crippen LogP contribution in [0.4, 0.5) is 14.9 Å². The molecule has 2 saturated heterocycles. The van der Waals surface area contributed by atoms with Gasteiger partial charge in [0, 0.05) is 78.2 Å². The number of benzene rings is 1. The number of rotatable bonds is 5. The third kappa shape index (κ3) is 7.37. The first-order chi connectivity index (χ1) is 14.6.